The molecule has 2 aliphatic heterocycles. The lowest BCUT2D eigenvalue weighted by atomic mass is 9.95. The zero-order valence-electron chi connectivity index (χ0n) is 62.8. The van der Waals surface area contributed by atoms with Crippen molar-refractivity contribution in [2.45, 2.75) is 261 Å². The van der Waals surface area contributed by atoms with E-state index < -0.39 is 198 Å². The van der Waals surface area contributed by atoms with Crippen molar-refractivity contribution in [3.05, 3.63) is 47.7 Å². The average Bonchev–Trinajstić information content (AvgIpc) is 1.84. The summed E-state index contributed by atoms with van der Waals surface area (Å²) < 4.78 is 5.95. The number of carbonyl (C=O) groups is 14. The largest absolute Gasteiger partial charge is 0.458 e. The second-order valence-corrected chi connectivity index (χ2v) is 28.7. The van der Waals surface area contributed by atoms with Gasteiger partial charge in [-0.05, 0) is 106 Å². The number of amides is 13. The van der Waals surface area contributed by atoms with E-state index in [0.29, 0.717) is 30.7 Å². The Morgan fingerprint density at radius 1 is 0.647 bits per heavy atom. The van der Waals surface area contributed by atoms with Gasteiger partial charge < -0.3 is 84.3 Å². The van der Waals surface area contributed by atoms with Crippen LogP contribution in [0.15, 0.2) is 42.1 Å². The number of benzene rings is 1. The number of esters is 1. The van der Waals surface area contributed by atoms with E-state index in [1.807, 2.05) is 13.8 Å². The third-order valence-electron chi connectivity index (χ3n) is 18.5. The highest BCUT2D eigenvalue weighted by molar-refractivity contribution is 6.03. The Bertz CT molecular complexity index is 3070. The quantitative estimate of drug-likeness (QED) is 0.0351. The van der Waals surface area contributed by atoms with Gasteiger partial charge >= 0.3 is 5.97 Å². The van der Waals surface area contributed by atoms with Crippen molar-refractivity contribution in [1.82, 2.24) is 68.7 Å². The highest BCUT2D eigenvalue weighted by Gasteiger charge is 2.44. The van der Waals surface area contributed by atoms with Gasteiger partial charge in [-0.2, -0.15) is 0 Å². The molecule has 1 aromatic rings. The second kappa shape index (κ2) is 42.8. The van der Waals surface area contributed by atoms with Crippen LogP contribution in [0.3, 0.4) is 0 Å². The molecule has 2 fully saturated rings. The molecule has 0 spiro atoms. The van der Waals surface area contributed by atoms with Crippen LogP contribution in [-0.4, -0.2) is 191 Å². The SMILES string of the molecule is C/C=C1\NC(=O)[C@H](Cc2ccccc2)NC(=O)[C@@H](C(C)C)NC(=O)[C@@H]([C@H](C)CC)NC(=O)[C@H](NC(=O)[C@H](NC(=O)[C@H](CCCN)NC(=O)[C@H]2CCCN2C(=O)[C@H](NC(=O)CNC(=O)[C@@H](NC(=O)[C@H](NC(=O)CCCC(C)C)C(C)C)[C@@H](C)O)C(C)C)[C@H](C)CC)[C@H](C)OC(=O)[C@H](C(C)C)NC1=O. The molecule has 2 heterocycles. The number of carbonyl (C=O) groups excluding carboxylic acids is 14. The van der Waals surface area contributed by atoms with E-state index in [4.69, 9.17) is 10.5 Å². The smallest absolute Gasteiger partial charge is 0.329 e. The van der Waals surface area contributed by atoms with Gasteiger partial charge in [0.1, 0.15) is 78.3 Å². The topological polar surface area (TPSA) is 442 Å². The number of nitrogens with one attached hydrogen (secondary N) is 12. The van der Waals surface area contributed by atoms with Crippen molar-refractivity contribution in [2.75, 3.05) is 19.6 Å². The van der Waals surface area contributed by atoms with E-state index in [2.05, 4.69) is 63.8 Å². The molecule has 1 aromatic carbocycles. The molecule has 102 heavy (non-hydrogen) atoms. The van der Waals surface area contributed by atoms with Crippen LogP contribution in [0.25, 0.3) is 0 Å². The van der Waals surface area contributed by atoms with Gasteiger partial charge in [0.25, 0.3) is 5.91 Å². The summed E-state index contributed by atoms with van der Waals surface area (Å²) >= 11 is 0. The number of nitrogens with two attached hydrogens (primary N) is 1. The van der Waals surface area contributed by atoms with Crippen molar-refractivity contribution in [2.24, 2.45) is 47.2 Å². The molecule has 13 amide bonds. The summed E-state index contributed by atoms with van der Waals surface area (Å²) in [5.41, 5.74) is 6.31. The Balaban J connectivity index is 1.95. The molecule has 0 radical (unpaired) electrons. The second-order valence-electron chi connectivity index (χ2n) is 28.7. The summed E-state index contributed by atoms with van der Waals surface area (Å²) in [5, 5.41) is 42.4. The number of cyclic esters (lactones) is 1. The zero-order chi connectivity index (χ0) is 77.0. The number of hydrogen-bond acceptors (Lipinski definition) is 17. The maximum atomic E-state index is 15.0. The standard InChI is InChI=1S/C72H118N14O16/c1-18-42(14)57(69(98)85-60-45(17)102-72(101)56(41(12)13)81-61(90)47(20-3)75-63(92)49(35-46-28-22-21-23-29-46)77-66(95)54(39(8)9)80-68(97)58(43(15)19-2)83-70(60)99)82-62(91)48(30-25-33-73)76-64(93)50-31-26-34-86(50)71(100)55(40(10)11)79-52(89)36-74-65(94)59(44(16)87)84-67(96)53(38(6)7)78-51(88)32-24-27-37(4)5/h20-23,28-29,37-45,48-50,53-60,87H,18-19,24-27,30-36,73H2,1-17H3,(H,74,94)(H,75,92)(H,76,93)(H,77,95)(H,78,88)(H,79,89)(H,80,97)(H,81,90)(H,82,91)(H,83,99)(H,84,96)(H,85,98)/b47-20-/t42-,43-,44-,45+,48+,49+,50-,53-,54-,55-,56+,57-,58-,59+,60-/m1/s1. The minimum Gasteiger partial charge on any atom is -0.458 e. The summed E-state index contributed by atoms with van der Waals surface area (Å²) in [6.07, 6.45) is 1.07. The number of likely N-dealkylation sites (tertiary alicyclic amines) is 1. The van der Waals surface area contributed by atoms with E-state index in [-0.39, 0.29) is 63.2 Å². The molecule has 30 nitrogen and oxygen atoms in total. The number of aliphatic hydroxyl groups is 1. The Morgan fingerprint density at radius 3 is 1.80 bits per heavy atom. The Hall–Kier alpha value is -8.54. The van der Waals surface area contributed by atoms with Crippen LogP contribution in [0.4, 0.5) is 0 Å². The number of nitrogens with zero attached hydrogens (tertiary/aromatic N) is 1. The van der Waals surface area contributed by atoms with Crippen LogP contribution >= 0.6 is 0 Å². The van der Waals surface area contributed by atoms with Gasteiger partial charge in [-0.25, -0.2) is 4.79 Å². The highest BCUT2D eigenvalue weighted by Crippen LogP contribution is 2.23. The number of ether oxygens (including phenoxy) is 1. The van der Waals surface area contributed by atoms with Gasteiger partial charge in [0, 0.05) is 19.4 Å². The van der Waals surface area contributed by atoms with E-state index in [0.717, 1.165) is 6.42 Å². The van der Waals surface area contributed by atoms with Crippen LogP contribution in [0.1, 0.15) is 181 Å². The summed E-state index contributed by atoms with van der Waals surface area (Å²) in [5.74, 6) is -14.5. The molecule has 572 valence electrons. The molecule has 0 saturated carbocycles. The molecule has 15 N–H and O–H groups in total. The summed E-state index contributed by atoms with van der Waals surface area (Å²) in [4.78, 5) is 200. The Morgan fingerprint density at radius 2 is 1.25 bits per heavy atom. The molecule has 0 bridgehead atoms. The Kier molecular flexibility index (Phi) is 36.8. The molecule has 2 aliphatic rings. The van der Waals surface area contributed by atoms with Crippen molar-refractivity contribution in [3.63, 3.8) is 0 Å². The van der Waals surface area contributed by atoms with E-state index in [1.54, 1.807) is 113 Å². The predicted octanol–water partition coefficient (Wildman–Crippen LogP) is 0.812. The number of allylic oxidation sites excluding steroid dienone is 1. The molecule has 0 aromatic heterocycles. The molecule has 3 rings (SSSR count). The van der Waals surface area contributed by atoms with E-state index in [9.17, 15) is 67.4 Å². The summed E-state index contributed by atoms with van der Waals surface area (Å²) in [6.45, 7) is 27.7. The van der Waals surface area contributed by atoms with Crippen LogP contribution < -0.4 is 69.5 Å². The van der Waals surface area contributed by atoms with Gasteiger partial charge in [-0.15, -0.1) is 0 Å². The average molecular weight is 1440 g/mol. The minimum absolute atomic E-state index is 0.0347. The van der Waals surface area contributed by atoms with E-state index >= 15 is 4.79 Å². The minimum atomic E-state index is -1.82. The molecule has 0 unspecified atom stereocenters. The third kappa shape index (κ3) is 27.0. The molecule has 15 atom stereocenters. The van der Waals surface area contributed by atoms with Crippen molar-refractivity contribution in [1.29, 1.82) is 0 Å². The first-order chi connectivity index (χ1) is 47.9. The number of aliphatic hydroxyl groups excluding tert-OH is 1. The molecule has 0 aliphatic carbocycles. The first kappa shape index (κ1) is 87.7. The zero-order valence-corrected chi connectivity index (χ0v) is 62.8. The monoisotopic (exact) mass is 1430 g/mol. The van der Waals surface area contributed by atoms with Crippen molar-refractivity contribution in [3.8, 4) is 0 Å². The maximum Gasteiger partial charge on any atom is 0.329 e. The fourth-order valence-electron chi connectivity index (χ4n) is 11.6. The van der Waals surface area contributed by atoms with Crippen LogP contribution in [0.2, 0.25) is 0 Å². The van der Waals surface area contributed by atoms with Crippen molar-refractivity contribution >= 4 is 82.8 Å². The molecular weight excluding hydrogens is 1320 g/mol. The first-order valence-corrected chi connectivity index (χ1v) is 36.1. The maximum absolute atomic E-state index is 15.0. The lowest BCUT2D eigenvalue weighted by Crippen LogP contribution is -2.64. The highest BCUT2D eigenvalue weighted by atomic mass is 16.5. The number of rotatable bonds is 32. The normalized spacial score (nSPS) is 22.5. The predicted molar refractivity (Wildman–Crippen MR) is 382 cm³/mol. The lowest BCUT2D eigenvalue weighted by molar-refractivity contribution is -0.157. The first-order valence-electron chi connectivity index (χ1n) is 36.1. The van der Waals surface area contributed by atoms with Crippen LogP contribution in [0.5, 0.6) is 0 Å². The van der Waals surface area contributed by atoms with Gasteiger partial charge in [-0.3, -0.25) is 62.3 Å². The summed E-state index contributed by atoms with van der Waals surface area (Å²) in [7, 11) is 0. The van der Waals surface area contributed by atoms with Gasteiger partial charge in [0.2, 0.25) is 70.9 Å². The molecular formula is C72H118N14O16. The fraction of sp³-hybridized carbons (Fsp3) is 0.694. The van der Waals surface area contributed by atoms with Gasteiger partial charge in [0.15, 0.2) is 0 Å². The summed E-state index contributed by atoms with van der Waals surface area (Å²) in [6, 6.07) is -6.26. The number of hydrogen-bond donors (Lipinski definition) is 14. The lowest BCUT2D eigenvalue weighted by Gasteiger charge is -2.33. The fourth-order valence-corrected chi connectivity index (χ4v) is 11.6. The molecule has 2 saturated heterocycles. The van der Waals surface area contributed by atoms with E-state index in [1.165, 1.54) is 31.7 Å². The van der Waals surface area contributed by atoms with Crippen LogP contribution in [0, 0.1) is 41.4 Å². The van der Waals surface area contributed by atoms with Gasteiger partial charge in [0.05, 0.1) is 12.6 Å². The third-order valence-corrected chi connectivity index (χ3v) is 18.5. The van der Waals surface area contributed by atoms with Crippen LogP contribution in [-0.2, 0) is 78.3 Å². The molecule has 30 heteroatoms. The van der Waals surface area contributed by atoms with Gasteiger partial charge in [-0.1, -0.05) is 153 Å². The van der Waals surface area contributed by atoms with Crippen molar-refractivity contribution < 1.29 is 77.0 Å². The Labute approximate surface area is 601 Å².